The Balaban J connectivity index is 3.35. The largest absolute Gasteiger partial charge is 0.496 e. The van der Waals surface area contributed by atoms with Crippen molar-refractivity contribution in [2.24, 2.45) is 0 Å². The van der Waals surface area contributed by atoms with E-state index < -0.39 is 5.97 Å². The molecule has 0 spiro atoms. The van der Waals surface area contributed by atoms with Gasteiger partial charge in [0.25, 0.3) is 0 Å². The Hall–Kier alpha value is -0.690. The van der Waals surface area contributed by atoms with Gasteiger partial charge in [-0.1, -0.05) is 11.6 Å². The third kappa shape index (κ3) is 2.52. The van der Waals surface area contributed by atoms with Crippen LogP contribution >= 0.6 is 34.2 Å². The lowest BCUT2D eigenvalue weighted by Crippen LogP contribution is -2.09. The highest BCUT2D eigenvalue weighted by atomic mass is 127. The van der Waals surface area contributed by atoms with Crippen LogP contribution < -0.4 is 10.5 Å². The maximum atomic E-state index is 11.7. The van der Waals surface area contributed by atoms with Crippen molar-refractivity contribution < 1.29 is 14.3 Å². The van der Waals surface area contributed by atoms with Crippen LogP contribution in [0.1, 0.15) is 17.3 Å². The summed E-state index contributed by atoms with van der Waals surface area (Å²) in [5.41, 5.74) is 6.40. The topological polar surface area (TPSA) is 61.5 Å². The van der Waals surface area contributed by atoms with Crippen molar-refractivity contribution in [3.05, 3.63) is 20.2 Å². The van der Waals surface area contributed by atoms with Crippen LogP contribution in [0.5, 0.6) is 5.75 Å². The van der Waals surface area contributed by atoms with Crippen LogP contribution in [0.25, 0.3) is 0 Å². The van der Waals surface area contributed by atoms with Crippen LogP contribution in [0.15, 0.2) is 6.07 Å². The summed E-state index contributed by atoms with van der Waals surface area (Å²) in [4.78, 5) is 11.7. The molecule has 0 heterocycles. The summed E-state index contributed by atoms with van der Waals surface area (Å²) in [6.07, 6.45) is 0. The standard InChI is InChI=1S/C10H11ClINO3/c1-3-16-10(14)7-6(15-2)4-5(13)9(12)8(7)11/h4H,3,13H2,1-2H3. The van der Waals surface area contributed by atoms with E-state index in [0.29, 0.717) is 15.0 Å². The van der Waals surface area contributed by atoms with E-state index in [1.807, 2.05) is 22.6 Å². The van der Waals surface area contributed by atoms with E-state index in [1.165, 1.54) is 7.11 Å². The molecule has 0 aliphatic heterocycles. The second-order valence-electron chi connectivity index (χ2n) is 2.89. The predicted molar refractivity (Wildman–Crippen MR) is 71.1 cm³/mol. The van der Waals surface area contributed by atoms with Gasteiger partial charge in [0.15, 0.2) is 0 Å². The molecule has 0 radical (unpaired) electrons. The molecule has 6 heteroatoms. The fourth-order valence-corrected chi connectivity index (χ4v) is 1.88. The number of halogens is 2. The van der Waals surface area contributed by atoms with Crippen LogP contribution in [0.4, 0.5) is 5.69 Å². The number of carbonyl (C=O) groups is 1. The summed E-state index contributed by atoms with van der Waals surface area (Å²) in [5, 5.41) is 0.260. The highest BCUT2D eigenvalue weighted by Crippen LogP contribution is 2.35. The zero-order valence-electron chi connectivity index (χ0n) is 8.84. The molecule has 0 saturated carbocycles. The summed E-state index contributed by atoms with van der Waals surface area (Å²) in [6.45, 7) is 2.00. The molecule has 1 aromatic rings. The SMILES string of the molecule is CCOC(=O)c1c(OC)cc(N)c(I)c1Cl. The van der Waals surface area contributed by atoms with Crippen molar-refractivity contribution in [3.63, 3.8) is 0 Å². The fourth-order valence-electron chi connectivity index (χ4n) is 1.18. The number of ether oxygens (including phenoxy) is 2. The molecule has 0 fully saturated rings. The van der Waals surface area contributed by atoms with Gasteiger partial charge in [0.2, 0.25) is 0 Å². The molecule has 0 bridgehead atoms. The van der Waals surface area contributed by atoms with Gasteiger partial charge in [-0.05, 0) is 29.5 Å². The first-order valence-electron chi connectivity index (χ1n) is 4.51. The Morgan fingerprint density at radius 1 is 1.62 bits per heavy atom. The number of methoxy groups -OCH3 is 1. The van der Waals surface area contributed by atoms with Crippen LogP contribution in [-0.4, -0.2) is 19.7 Å². The molecule has 0 saturated heterocycles. The monoisotopic (exact) mass is 355 g/mol. The minimum Gasteiger partial charge on any atom is -0.496 e. The number of rotatable bonds is 3. The van der Waals surface area contributed by atoms with Crippen molar-refractivity contribution in [1.29, 1.82) is 0 Å². The second-order valence-corrected chi connectivity index (χ2v) is 4.35. The van der Waals surface area contributed by atoms with Gasteiger partial charge in [-0.3, -0.25) is 0 Å². The zero-order chi connectivity index (χ0) is 12.3. The maximum absolute atomic E-state index is 11.7. The van der Waals surface area contributed by atoms with E-state index in [1.54, 1.807) is 13.0 Å². The van der Waals surface area contributed by atoms with Crippen molar-refractivity contribution in [2.75, 3.05) is 19.5 Å². The van der Waals surface area contributed by atoms with Gasteiger partial charge in [0.1, 0.15) is 11.3 Å². The lowest BCUT2D eigenvalue weighted by atomic mass is 10.2. The minimum absolute atomic E-state index is 0.213. The molecule has 0 aliphatic carbocycles. The number of nitrogens with two attached hydrogens (primary N) is 1. The van der Waals surface area contributed by atoms with Crippen LogP contribution in [0.2, 0.25) is 5.02 Å². The molecule has 0 atom stereocenters. The van der Waals surface area contributed by atoms with E-state index in [9.17, 15) is 4.79 Å². The molecule has 16 heavy (non-hydrogen) atoms. The molecule has 0 aliphatic rings. The van der Waals surface area contributed by atoms with E-state index in [4.69, 9.17) is 26.8 Å². The normalized spacial score (nSPS) is 10.0. The van der Waals surface area contributed by atoms with Gasteiger partial charge in [-0.2, -0.15) is 0 Å². The predicted octanol–water partition coefficient (Wildman–Crippen LogP) is 2.71. The number of benzene rings is 1. The third-order valence-electron chi connectivity index (χ3n) is 1.90. The highest BCUT2D eigenvalue weighted by molar-refractivity contribution is 14.1. The highest BCUT2D eigenvalue weighted by Gasteiger charge is 2.21. The Morgan fingerprint density at radius 3 is 2.75 bits per heavy atom. The van der Waals surface area contributed by atoms with Gasteiger partial charge in [0, 0.05) is 6.07 Å². The zero-order valence-corrected chi connectivity index (χ0v) is 11.8. The number of nitrogen functional groups attached to an aromatic ring is 1. The van der Waals surface area contributed by atoms with E-state index in [0.717, 1.165) is 0 Å². The number of hydrogen-bond donors (Lipinski definition) is 1. The van der Waals surface area contributed by atoms with Gasteiger partial charge >= 0.3 is 5.97 Å². The van der Waals surface area contributed by atoms with Gasteiger partial charge in [-0.15, -0.1) is 0 Å². The lowest BCUT2D eigenvalue weighted by Gasteiger charge is -2.12. The first-order valence-corrected chi connectivity index (χ1v) is 5.97. The van der Waals surface area contributed by atoms with Crippen molar-refractivity contribution in [3.8, 4) is 5.75 Å². The number of carbonyl (C=O) groups excluding carboxylic acids is 1. The molecule has 0 aromatic heterocycles. The molecule has 0 unspecified atom stereocenters. The smallest absolute Gasteiger partial charge is 0.343 e. The van der Waals surface area contributed by atoms with Gasteiger partial charge < -0.3 is 15.2 Å². The van der Waals surface area contributed by atoms with Crippen molar-refractivity contribution >= 4 is 45.8 Å². The second kappa shape index (κ2) is 5.58. The Labute approximate surface area is 112 Å². The molecule has 1 rings (SSSR count). The Morgan fingerprint density at radius 2 is 2.25 bits per heavy atom. The lowest BCUT2D eigenvalue weighted by molar-refractivity contribution is 0.0523. The fraction of sp³-hybridized carbons (Fsp3) is 0.300. The molecule has 0 amide bonds. The average molecular weight is 356 g/mol. The Bertz CT molecular complexity index is 423. The molecular weight excluding hydrogens is 344 g/mol. The van der Waals surface area contributed by atoms with E-state index in [2.05, 4.69) is 0 Å². The maximum Gasteiger partial charge on any atom is 0.343 e. The van der Waals surface area contributed by atoms with Crippen molar-refractivity contribution in [2.45, 2.75) is 6.92 Å². The van der Waals surface area contributed by atoms with Gasteiger partial charge in [-0.25, -0.2) is 4.79 Å². The number of esters is 1. The van der Waals surface area contributed by atoms with Crippen LogP contribution in [0.3, 0.4) is 0 Å². The van der Waals surface area contributed by atoms with E-state index in [-0.39, 0.29) is 17.2 Å². The molecule has 1 aromatic carbocycles. The summed E-state index contributed by atoms with van der Waals surface area (Å²) in [7, 11) is 1.45. The minimum atomic E-state index is -0.512. The first kappa shape index (κ1) is 13.4. The van der Waals surface area contributed by atoms with Gasteiger partial charge in [0.05, 0.1) is 28.0 Å². The third-order valence-corrected chi connectivity index (χ3v) is 3.76. The molecular formula is C10H11ClINO3. The number of hydrogen-bond acceptors (Lipinski definition) is 4. The Kier molecular flexibility index (Phi) is 4.67. The van der Waals surface area contributed by atoms with Crippen LogP contribution in [0, 0.1) is 3.57 Å². The molecule has 2 N–H and O–H groups in total. The average Bonchev–Trinajstić information content (AvgIpc) is 2.25. The van der Waals surface area contributed by atoms with E-state index >= 15 is 0 Å². The summed E-state index contributed by atoms with van der Waals surface area (Å²) < 4.78 is 10.6. The molecule has 88 valence electrons. The summed E-state index contributed by atoms with van der Waals surface area (Å²) in [5.74, 6) is -0.191. The summed E-state index contributed by atoms with van der Waals surface area (Å²) >= 11 is 8.01. The summed E-state index contributed by atoms with van der Waals surface area (Å²) in [6, 6.07) is 1.56. The first-order chi connectivity index (χ1) is 7.52. The van der Waals surface area contributed by atoms with Crippen molar-refractivity contribution in [1.82, 2.24) is 0 Å². The van der Waals surface area contributed by atoms with Crippen LogP contribution in [-0.2, 0) is 4.74 Å². The number of anilines is 1. The quantitative estimate of drug-likeness (QED) is 0.514. The molecule has 4 nitrogen and oxygen atoms in total.